The number of carbonyl (C=O) groups is 2. The number of para-hydroxylation sites is 1. The molecule has 1 N–H and O–H groups in total. The van der Waals surface area contributed by atoms with E-state index in [-0.39, 0.29) is 24.1 Å². The molecule has 1 aliphatic rings. The van der Waals surface area contributed by atoms with Crippen LogP contribution in [0.5, 0.6) is 5.75 Å². The van der Waals surface area contributed by atoms with Crippen molar-refractivity contribution in [2.24, 2.45) is 0 Å². The predicted molar refractivity (Wildman–Crippen MR) is 133 cm³/mol. The van der Waals surface area contributed by atoms with E-state index in [0.717, 1.165) is 5.56 Å². The fourth-order valence-corrected chi connectivity index (χ4v) is 4.31. The third kappa shape index (κ3) is 5.23. The summed E-state index contributed by atoms with van der Waals surface area (Å²) < 4.78 is 18.5. The van der Waals surface area contributed by atoms with Crippen LogP contribution in [0.25, 0.3) is 0 Å². The van der Waals surface area contributed by atoms with E-state index in [1.807, 2.05) is 18.2 Å². The van der Waals surface area contributed by atoms with Crippen LogP contribution >= 0.6 is 12.2 Å². The number of thiocarbonyl (C=S) groups is 1. The van der Waals surface area contributed by atoms with Crippen molar-refractivity contribution in [1.82, 2.24) is 4.90 Å². The summed E-state index contributed by atoms with van der Waals surface area (Å²) in [5, 5.41) is 3.18. The number of nitrogens with one attached hydrogen (secondary N) is 1. The van der Waals surface area contributed by atoms with Crippen LogP contribution in [0.4, 0.5) is 15.8 Å². The fraction of sp³-hybridized carbons (Fsp3) is 0.192. The third-order valence-electron chi connectivity index (χ3n) is 5.62. The van der Waals surface area contributed by atoms with E-state index in [1.165, 1.54) is 17.0 Å². The van der Waals surface area contributed by atoms with Crippen LogP contribution in [0.1, 0.15) is 12.0 Å². The standard InChI is InChI=1S/C26H24FN3O3S/c1-33-22-9-5-6-20(16-22)28-24(31)17-23-25(32)30(21-7-3-2-4-8-21)26(34)29(23)15-14-18-10-12-19(27)13-11-18/h2-13,16,23H,14-15,17H2,1H3,(H,28,31). The van der Waals surface area contributed by atoms with Gasteiger partial charge in [0.2, 0.25) is 5.91 Å². The molecule has 3 aromatic carbocycles. The van der Waals surface area contributed by atoms with Crippen LogP contribution in [0.3, 0.4) is 0 Å². The van der Waals surface area contributed by atoms with Crippen molar-refractivity contribution in [2.75, 3.05) is 23.9 Å². The molecule has 8 heteroatoms. The maximum absolute atomic E-state index is 13.4. The maximum Gasteiger partial charge on any atom is 0.256 e. The lowest BCUT2D eigenvalue weighted by Gasteiger charge is -2.24. The van der Waals surface area contributed by atoms with E-state index < -0.39 is 6.04 Å². The monoisotopic (exact) mass is 477 g/mol. The highest BCUT2D eigenvalue weighted by Crippen LogP contribution is 2.28. The zero-order valence-corrected chi connectivity index (χ0v) is 19.4. The molecule has 4 rings (SSSR count). The predicted octanol–water partition coefficient (Wildman–Crippen LogP) is 4.41. The minimum Gasteiger partial charge on any atom is -0.497 e. The average Bonchev–Trinajstić information content (AvgIpc) is 3.08. The molecule has 6 nitrogen and oxygen atoms in total. The molecule has 1 heterocycles. The molecule has 0 aromatic heterocycles. The highest BCUT2D eigenvalue weighted by molar-refractivity contribution is 7.80. The molecule has 174 valence electrons. The van der Waals surface area contributed by atoms with Gasteiger partial charge in [0.05, 0.1) is 19.2 Å². The number of amides is 2. The number of benzene rings is 3. The van der Waals surface area contributed by atoms with Crippen LogP contribution in [-0.2, 0) is 16.0 Å². The number of ether oxygens (including phenoxy) is 1. The molecule has 1 saturated heterocycles. The number of hydrogen-bond donors (Lipinski definition) is 1. The Morgan fingerprint density at radius 3 is 2.50 bits per heavy atom. The Kier molecular flexibility index (Phi) is 7.18. The zero-order valence-electron chi connectivity index (χ0n) is 18.6. The summed E-state index contributed by atoms with van der Waals surface area (Å²) in [6.07, 6.45) is 0.479. The molecule has 1 fully saturated rings. The van der Waals surface area contributed by atoms with Crippen LogP contribution in [-0.4, -0.2) is 41.5 Å². The highest BCUT2D eigenvalue weighted by Gasteiger charge is 2.43. The summed E-state index contributed by atoms with van der Waals surface area (Å²) in [6, 6.07) is 21.6. The second kappa shape index (κ2) is 10.4. The second-order valence-electron chi connectivity index (χ2n) is 7.86. The van der Waals surface area contributed by atoms with Crippen LogP contribution in [0.2, 0.25) is 0 Å². The van der Waals surface area contributed by atoms with Gasteiger partial charge < -0.3 is 15.0 Å². The van der Waals surface area contributed by atoms with E-state index in [1.54, 1.807) is 60.5 Å². The molecule has 1 aliphatic heterocycles. The summed E-state index contributed by atoms with van der Waals surface area (Å²) in [5.74, 6) is -0.253. The molecule has 0 saturated carbocycles. The van der Waals surface area contributed by atoms with Crippen molar-refractivity contribution in [2.45, 2.75) is 18.9 Å². The normalized spacial score (nSPS) is 15.5. The lowest BCUT2D eigenvalue weighted by molar-refractivity contribution is -0.124. The van der Waals surface area contributed by atoms with E-state index in [2.05, 4.69) is 5.32 Å². The van der Waals surface area contributed by atoms with Crippen molar-refractivity contribution in [3.8, 4) is 5.75 Å². The number of hydrogen-bond acceptors (Lipinski definition) is 4. The minimum atomic E-state index is -0.751. The SMILES string of the molecule is COc1cccc(NC(=O)CC2C(=O)N(c3ccccc3)C(=S)N2CCc2ccc(F)cc2)c1. The summed E-state index contributed by atoms with van der Waals surface area (Å²) in [7, 11) is 1.55. The maximum atomic E-state index is 13.4. The first-order chi connectivity index (χ1) is 16.5. The molecule has 1 unspecified atom stereocenters. The molecule has 1 atom stereocenters. The van der Waals surface area contributed by atoms with Crippen molar-refractivity contribution in [1.29, 1.82) is 0 Å². The topological polar surface area (TPSA) is 61.9 Å². The smallest absolute Gasteiger partial charge is 0.256 e. The molecule has 0 radical (unpaired) electrons. The minimum absolute atomic E-state index is 0.0665. The molecule has 0 spiro atoms. The Hall–Kier alpha value is -3.78. The summed E-state index contributed by atoms with van der Waals surface area (Å²) >= 11 is 5.67. The lowest BCUT2D eigenvalue weighted by Crippen LogP contribution is -2.39. The van der Waals surface area contributed by atoms with Gasteiger partial charge in [-0.05, 0) is 60.6 Å². The Labute approximate surface area is 202 Å². The highest BCUT2D eigenvalue weighted by atomic mass is 32.1. The lowest BCUT2D eigenvalue weighted by atomic mass is 10.1. The van der Waals surface area contributed by atoms with Gasteiger partial charge in [-0.1, -0.05) is 36.4 Å². The van der Waals surface area contributed by atoms with Gasteiger partial charge in [0, 0.05) is 18.3 Å². The third-order valence-corrected chi connectivity index (χ3v) is 6.04. The summed E-state index contributed by atoms with van der Waals surface area (Å²) in [4.78, 5) is 29.6. The van der Waals surface area contributed by atoms with Crippen LogP contribution in [0.15, 0.2) is 78.9 Å². The first-order valence-electron chi connectivity index (χ1n) is 10.8. The molecule has 0 bridgehead atoms. The van der Waals surface area contributed by atoms with E-state index in [9.17, 15) is 14.0 Å². The van der Waals surface area contributed by atoms with Crippen molar-refractivity contribution in [3.05, 3.63) is 90.2 Å². The summed E-state index contributed by atoms with van der Waals surface area (Å²) in [5.41, 5.74) is 2.14. The molecular formula is C26H24FN3O3S. The average molecular weight is 478 g/mol. The van der Waals surface area contributed by atoms with Gasteiger partial charge in [0.15, 0.2) is 5.11 Å². The van der Waals surface area contributed by atoms with Gasteiger partial charge in [-0.25, -0.2) is 4.39 Å². The van der Waals surface area contributed by atoms with Gasteiger partial charge in [-0.3, -0.25) is 14.5 Å². The first-order valence-corrected chi connectivity index (χ1v) is 11.2. The van der Waals surface area contributed by atoms with Crippen molar-refractivity contribution >= 4 is 40.5 Å². The van der Waals surface area contributed by atoms with Crippen LogP contribution in [0, 0.1) is 5.82 Å². The number of methoxy groups -OCH3 is 1. The van der Waals surface area contributed by atoms with Gasteiger partial charge in [0.1, 0.15) is 17.6 Å². The molecule has 34 heavy (non-hydrogen) atoms. The Morgan fingerprint density at radius 2 is 1.79 bits per heavy atom. The van der Waals surface area contributed by atoms with Crippen molar-refractivity contribution in [3.63, 3.8) is 0 Å². The van der Waals surface area contributed by atoms with Crippen LogP contribution < -0.4 is 15.0 Å². The number of anilines is 2. The van der Waals surface area contributed by atoms with Gasteiger partial charge >= 0.3 is 0 Å². The summed E-state index contributed by atoms with van der Waals surface area (Å²) in [6.45, 7) is 0.413. The van der Waals surface area contributed by atoms with E-state index in [0.29, 0.717) is 35.2 Å². The fourth-order valence-electron chi connectivity index (χ4n) is 3.89. The van der Waals surface area contributed by atoms with Crippen molar-refractivity contribution < 1.29 is 18.7 Å². The van der Waals surface area contributed by atoms with Gasteiger partial charge in [-0.2, -0.15) is 0 Å². The number of halogens is 1. The Morgan fingerprint density at radius 1 is 1.06 bits per heavy atom. The van der Waals surface area contributed by atoms with Gasteiger partial charge in [-0.15, -0.1) is 0 Å². The molecule has 0 aliphatic carbocycles. The zero-order chi connectivity index (χ0) is 24.1. The van der Waals surface area contributed by atoms with Gasteiger partial charge in [0.25, 0.3) is 5.91 Å². The Bertz CT molecular complexity index is 1190. The van der Waals surface area contributed by atoms with E-state index >= 15 is 0 Å². The van der Waals surface area contributed by atoms with E-state index in [4.69, 9.17) is 17.0 Å². The second-order valence-corrected chi connectivity index (χ2v) is 8.23. The molecular weight excluding hydrogens is 453 g/mol. The molecule has 2 amide bonds. The largest absolute Gasteiger partial charge is 0.497 e. The number of carbonyl (C=O) groups excluding carboxylic acids is 2. The quantitative estimate of drug-likeness (QED) is 0.487. The number of rotatable bonds is 8. The molecule has 3 aromatic rings. The Balaban J connectivity index is 1.54. The first kappa shape index (κ1) is 23.4. The number of nitrogens with zero attached hydrogens (tertiary/aromatic N) is 2.